The number of carbonyl (C=O) groups excluding carboxylic acids is 1. The van der Waals surface area contributed by atoms with E-state index in [0.29, 0.717) is 6.54 Å². The van der Waals surface area contributed by atoms with Gasteiger partial charge < -0.3 is 14.5 Å². The molecule has 2 aliphatic rings. The van der Waals surface area contributed by atoms with E-state index in [0.717, 1.165) is 67.6 Å². The van der Waals surface area contributed by atoms with Crippen molar-refractivity contribution >= 4 is 17.2 Å². The molecule has 150 valence electrons. The maximum atomic E-state index is 12.9. The summed E-state index contributed by atoms with van der Waals surface area (Å²) >= 11 is 0. The van der Waals surface area contributed by atoms with Crippen LogP contribution in [-0.4, -0.2) is 64.8 Å². The minimum atomic E-state index is 0.101. The molecule has 2 aliphatic heterocycles. The lowest BCUT2D eigenvalue weighted by Gasteiger charge is -2.28. The van der Waals surface area contributed by atoms with Crippen molar-refractivity contribution in [1.82, 2.24) is 19.5 Å². The van der Waals surface area contributed by atoms with Gasteiger partial charge >= 0.3 is 0 Å². The quantitative estimate of drug-likeness (QED) is 0.687. The lowest BCUT2D eigenvalue weighted by molar-refractivity contribution is 0.0790. The standard InChI is InChI=1S/C22H25N5O2/c1-16-4-2-3-5-19(16)22(28)26-9-8-17(14-26)21-23-20-7-6-18(15-27(20)24-21)25-10-12-29-13-11-25/h2-7,15,17H,8-14H2,1H3/t17-/m1/s1. The number of benzene rings is 1. The number of nitrogens with zero attached hydrogens (tertiary/aromatic N) is 5. The first-order chi connectivity index (χ1) is 14.2. The van der Waals surface area contributed by atoms with Gasteiger partial charge in [-0.05, 0) is 37.1 Å². The van der Waals surface area contributed by atoms with E-state index in [2.05, 4.69) is 11.0 Å². The zero-order valence-corrected chi connectivity index (χ0v) is 16.6. The molecule has 2 saturated heterocycles. The molecular weight excluding hydrogens is 366 g/mol. The first-order valence-corrected chi connectivity index (χ1v) is 10.2. The number of pyridine rings is 1. The molecule has 0 spiro atoms. The molecule has 0 aliphatic carbocycles. The minimum Gasteiger partial charge on any atom is -0.378 e. The summed E-state index contributed by atoms with van der Waals surface area (Å²) in [6, 6.07) is 11.9. The van der Waals surface area contributed by atoms with Crippen molar-refractivity contribution < 1.29 is 9.53 Å². The monoisotopic (exact) mass is 391 g/mol. The van der Waals surface area contributed by atoms with Crippen molar-refractivity contribution in [3.05, 3.63) is 59.5 Å². The van der Waals surface area contributed by atoms with Crippen molar-refractivity contribution in [1.29, 1.82) is 0 Å². The summed E-state index contributed by atoms with van der Waals surface area (Å²) in [5.74, 6) is 1.10. The van der Waals surface area contributed by atoms with Gasteiger partial charge in [0, 0.05) is 37.7 Å². The normalized spacial score (nSPS) is 19.8. The van der Waals surface area contributed by atoms with Gasteiger partial charge in [0.25, 0.3) is 5.91 Å². The van der Waals surface area contributed by atoms with Gasteiger partial charge in [-0.2, -0.15) is 5.10 Å². The van der Waals surface area contributed by atoms with Crippen molar-refractivity contribution in [3.63, 3.8) is 0 Å². The second kappa shape index (κ2) is 7.48. The smallest absolute Gasteiger partial charge is 0.254 e. The average molecular weight is 391 g/mol. The highest BCUT2D eigenvalue weighted by Crippen LogP contribution is 2.27. The van der Waals surface area contributed by atoms with Crippen LogP contribution in [0.15, 0.2) is 42.6 Å². The molecular formula is C22H25N5O2. The van der Waals surface area contributed by atoms with Gasteiger partial charge in [-0.1, -0.05) is 18.2 Å². The van der Waals surface area contributed by atoms with E-state index in [1.54, 1.807) is 0 Å². The molecule has 5 rings (SSSR count). The topological polar surface area (TPSA) is 63.0 Å². The first kappa shape index (κ1) is 18.1. The SMILES string of the molecule is Cc1ccccc1C(=O)N1CC[C@@H](c2nc3ccc(N4CCOCC4)cn3n2)C1. The number of carbonyl (C=O) groups is 1. The molecule has 1 aromatic carbocycles. The van der Waals surface area contributed by atoms with Gasteiger partial charge in [0.2, 0.25) is 0 Å². The molecule has 1 atom stereocenters. The van der Waals surface area contributed by atoms with Gasteiger partial charge in [-0.25, -0.2) is 9.50 Å². The van der Waals surface area contributed by atoms with Crippen LogP contribution in [0.4, 0.5) is 5.69 Å². The van der Waals surface area contributed by atoms with E-state index in [1.165, 1.54) is 0 Å². The Bertz CT molecular complexity index is 1040. The Morgan fingerprint density at radius 1 is 1.10 bits per heavy atom. The molecule has 0 bridgehead atoms. The summed E-state index contributed by atoms with van der Waals surface area (Å²) in [6.45, 7) is 6.70. The number of ether oxygens (including phenoxy) is 1. The fourth-order valence-electron chi connectivity index (χ4n) is 4.21. The van der Waals surface area contributed by atoms with E-state index < -0.39 is 0 Å². The summed E-state index contributed by atoms with van der Waals surface area (Å²) in [7, 11) is 0. The van der Waals surface area contributed by atoms with Gasteiger partial charge in [-0.3, -0.25) is 4.79 Å². The molecule has 0 N–H and O–H groups in total. The molecule has 29 heavy (non-hydrogen) atoms. The minimum absolute atomic E-state index is 0.101. The summed E-state index contributed by atoms with van der Waals surface area (Å²) in [5.41, 5.74) is 3.79. The Morgan fingerprint density at radius 2 is 1.93 bits per heavy atom. The van der Waals surface area contributed by atoms with Gasteiger partial charge in [0.15, 0.2) is 11.5 Å². The van der Waals surface area contributed by atoms with E-state index in [-0.39, 0.29) is 11.8 Å². The van der Waals surface area contributed by atoms with Gasteiger partial charge in [0.1, 0.15) is 0 Å². The predicted octanol–water partition coefficient (Wildman–Crippen LogP) is 2.50. The number of amides is 1. The summed E-state index contributed by atoms with van der Waals surface area (Å²) in [5, 5.41) is 4.74. The average Bonchev–Trinajstić information content (AvgIpc) is 3.41. The van der Waals surface area contributed by atoms with Gasteiger partial charge in [0.05, 0.1) is 25.1 Å². The molecule has 2 fully saturated rings. The van der Waals surface area contributed by atoms with Crippen LogP contribution in [0, 0.1) is 6.92 Å². The van der Waals surface area contributed by atoms with Crippen LogP contribution < -0.4 is 4.90 Å². The van der Waals surface area contributed by atoms with Crippen LogP contribution in [0.25, 0.3) is 5.65 Å². The van der Waals surface area contributed by atoms with Gasteiger partial charge in [-0.15, -0.1) is 0 Å². The Balaban J connectivity index is 1.33. The lowest BCUT2D eigenvalue weighted by atomic mass is 10.1. The summed E-state index contributed by atoms with van der Waals surface area (Å²) < 4.78 is 7.31. The number of morpholine rings is 1. The maximum Gasteiger partial charge on any atom is 0.254 e. The first-order valence-electron chi connectivity index (χ1n) is 10.2. The third kappa shape index (κ3) is 3.46. The number of fused-ring (bicyclic) bond motifs is 1. The molecule has 0 saturated carbocycles. The Labute approximate surface area is 169 Å². The fourth-order valence-corrected chi connectivity index (χ4v) is 4.21. The van der Waals surface area contributed by atoms with Crippen molar-refractivity contribution in [2.45, 2.75) is 19.3 Å². The van der Waals surface area contributed by atoms with E-state index in [9.17, 15) is 4.79 Å². The second-order valence-corrected chi connectivity index (χ2v) is 7.81. The highest BCUT2D eigenvalue weighted by atomic mass is 16.5. The molecule has 7 heteroatoms. The highest BCUT2D eigenvalue weighted by molar-refractivity contribution is 5.95. The van der Waals surface area contributed by atoms with Crippen LogP contribution in [0.1, 0.15) is 34.1 Å². The number of aryl methyl sites for hydroxylation is 1. The number of rotatable bonds is 3. The number of aromatic nitrogens is 3. The third-order valence-electron chi connectivity index (χ3n) is 5.92. The largest absolute Gasteiger partial charge is 0.378 e. The number of anilines is 1. The Morgan fingerprint density at radius 3 is 2.76 bits per heavy atom. The molecule has 2 aromatic heterocycles. The summed E-state index contributed by atoms with van der Waals surface area (Å²) in [4.78, 5) is 21.9. The summed E-state index contributed by atoms with van der Waals surface area (Å²) in [6.07, 6.45) is 2.94. The molecule has 7 nitrogen and oxygen atoms in total. The Kier molecular flexibility index (Phi) is 4.67. The van der Waals surface area contributed by atoms with Crippen molar-refractivity contribution in [3.8, 4) is 0 Å². The molecule has 4 heterocycles. The van der Waals surface area contributed by atoms with Crippen LogP contribution >= 0.6 is 0 Å². The van der Waals surface area contributed by atoms with E-state index in [1.807, 2.05) is 52.9 Å². The maximum absolute atomic E-state index is 12.9. The molecule has 0 radical (unpaired) electrons. The van der Waals surface area contributed by atoms with Crippen molar-refractivity contribution in [2.24, 2.45) is 0 Å². The second-order valence-electron chi connectivity index (χ2n) is 7.81. The fraction of sp³-hybridized carbons (Fsp3) is 0.409. The number of likely N-dealkylation sites (tertiary alicyclic amines) is 1. The van der Waals surface area contributed by atoms with E-state index >= 15 is 0 Å². The molecule has 1 amide bonds. The van der Waals surface area contributed by atoms with Crippen LogP contribution in [0.3, 0.4) is 0 Å². The number of hydrogen-bond donors (Lipinski definition) is 0. The van der Waals surface area contributed by atoms with E-state index in [4.69, 9.17) is 14.8 Å². The zero-order chi connectivity index (χ0) is 19.8. The zero-order valence-electron chi connectivity index (χ0n) is 16.6. The molecule has 3 aromatic rings. The highest BCUT2D eigenvalue weighted by Gasteiger charge is 2.31. The number of hydrogen-bond acceptors (Lipinski definition) is 5. The third-order valence-corrected chi connectivity index (χ3v) is 5.92. The van der Waals surface area contributed by atoms with Crippen LogP contribution in [0.2, 0.25) is 0 Å². The van der Waals surface area contributed by atoms with Crippen LogP contribution in [0.5, 0.6) is 0 Å². The van der Waals surface area contributed by atoms with Crippen LogP contribution in [-0.2, 0) is 4.74 Å². The predicted molar refractivity (Wildman–Crippen MR) is 110 cm³/mol. The Hall–Kier alpha value is -2.93. The molecule has 0 unspecified atom stereocenters. The lowest BCUT2D eigenvalue weighted by Crippen LogP contribution is -2.36. The van der Waals surface area contributed by atoms with Crippen molar-refractivity contribution in [2.75, 3.05) is 44.3 Å².